The van der Waals surface area contributed by atoms with Gasteiger partial charge in [0, 0.05) is 0 Å². The molecule has 1 aromatic rings. The molecule has 0 spiro atoms. The molecule has 0 fully saturated rings. The SMILES string of the molecule is O=P(O)(O)CCC(O)COCc1ccccc1. The molecule has 0 saturated carbocycles. The molecule has 1 aromatic carbocycles. The molecule has 0 aliphatic rings. The highest BCUT2D eigenvalue weighted by Crippen LogP contribution is 2.35. The van der Waals surface area contributed by atoms with Gasteiger partial charge in [-0.1, -0.05) is 30.3 Å². The van der Waals surface area contributed by atoms with Gasteiger partial charge in [0.05, 0.1) is 25.5 Å². The van der Waals surface area contributed by atoms with E-state index in [0.29, 0.717) is 6.61 Å². The maximum absolute atomic E-state index is 10.6. The Balaban J connectivity index is 2.16. The highest BCUT2D eigenvalue weighted by atomic mass is 31.2. The molecule has 0 amide bonds. The van der Waals surface area contributed by atoms with Gasteiger partial charge in [-0.2, -0.15) is 0 Å². The fraction of sp³-hybridized carbons (Fsp3) is 0.455. The first kappa shape index (κ1) is 14.4. The Morgan fingerprint density at radius 1 is 1.24 bits per heavy atom. The Morgan fingerprint density at radius 2 is 1.88 bits per heavy atom. The number of aliphatic hydroxyl groups is 1. The van der Waals surface area contributed by atoms with Gasteiger partial charge in [0.15, 0.2) is 0 Å². The van der Waals surface area contributed by atoms with Crippen LogP contribution in [0.25, 0.3) is 0 Å². The molecule has 0 radical (unpaired) electrons. The monoisotopic (exact) mass is 260 g/mol. The van der Waals surface area contributed by atoms with Crippen LogP contribution < -0.4 is 0 Å². The van der Waals surface area contributed by atoms with Gasteiger partial charge < -0.3 is 19.6 Å². The fourth-order valence-electron chi connectivity index (χ4n) is 1.29. The van der Waals surface area contributed by atoms with Gasteiger partial charge in [0.1, 0.15) is 0 Å². The summed E-state index contributed by atoms with van der Waals surface area (Å²) >= 11 is 0. The molecule has 96 valence electrons. The van der Waals surface area contributed by atoms with E-state index in [-0.39, 0.29) is 19.2 Å². The maximum atomic E-state index is 10.6. The van der Waals surface area contributed by atoms with Gasteiger partial charge in [0.25, 0.3) is 0 Å². The molecule has 17 heavy (non-hydrogen) atoms. The standard InChI is InChI=1S/C11H17O5P/c12-11(6-7-17(13,14)15)9-16-8-10-4-2-1-3-5-10/h1-5,11-12H,6-9H2,(H2,13,14,15). The van der Waals surface area contributed by atoms with Gasteiger partial charge >= 0.3 is 7.60 Å². The van der Waals surface area contributed by atoms with Crippen molar-refractivity contribution in [2.75, 3.05) is 12.8 Å². The summed E-state index contributed by atoms with van der Waals surface area (Å²) in [5.41, 5.74) is 0.995. The lowest BCUT2D eigenvalue weighted by atomic mass is 10.2. The molecule has 5 nitrogen and oxygen atoms in total. The fourth-order valence-corrected chi connectivity index (χ4v) is 1.92. The van der Waals surface area contributed by atoms with Crippen molar-refractivity contribution in [3.8, 4) is 0 Å². The molecular formula is C11H17O5P. The van der Waals surface area contributed by atoms with E-state index in [0.717, 1.165) is 5.56 Å². The van der Waals surface area contributed by atoms with Crippen molar-refractivity contribution in [3.63, 3.8) is 0 Å². The predicted molar refractivity (Wildman–Crippen MR) is 63.6 cm³/mol. The minimum atomic E-state index is -4.03. The summed E-state index contributed by atoms with van der Waals surface area (Å²) in [4.78, 5) is 17.3. The van der Waals surface area contributed by atoms with E-state index < -0.39 is 13.7 Å². The average molecular weight is 260 g/mol. The van der Waals surface area contributed by atoms with Crippen molar-refractivity contribution >= 4 is 7.60 Å². The second kappa shape index (κ2) is 6.89. The molecule has 1 rings (SSSR count). The molecule has 0 bridgehead atoms. The lowest BCUT2D eigenvalue weighted by molar-refractivity contribution is 0.0268. The Bertz CT molecular complexity index is 361. The normalized spacial score (nSPS) is 13.6. The van der Waals surface area contributed by atoms with Crippen LogP contribution in [0.1, 0.15) is 12.0 Å². The molecule has 6 heteroatoms. The molecule has 1 atom stereocenters. The maximum Gasteiger partial charge on any atom is 0.325 e. The van der Waals surface area contributed by atoms with Crippen molar-refractivity contribution in [3.05, 3.63) is 35.9 Å². The molecule has 0 aliphatic heterocycles. The zero-order chi connectivity index (χ0) is 12.7. The summed E-state index contributed by atoms with van der Waals surface area (Å²) in [6, 6.07) is 9.49. The van der Waals surface area contributed by atoms with E-state index in [9.17, 15) is 9.67 Å². The van der Waals surface area contributed by atoms with Gasteiger partial charge in [-0.3, -0.25) is 4.57 Å². The molecule has 0 saturated heterocycles. The topological polar surface area (TPSA) is 87.0 Å². The minimum Gasteiger partial charge on any atom is -0.391 e. The average Bonchev–Trinajstić information content (AvgIpc) is 2.27. The van der Waals surface area contributed by atoms with Crippen molar-refractivity contribution in [1.29, 1.82) is 0 Å². The molecule has 0 aliphatic carbocycles. The van der Waals surface area contributed by atoms with E-state index >= 15 is 0 Å². The summed E-state index contributed by atoms with van der Waals surface area (Å²) in [6.07, 6.45) is -1.12. The first-order chi connectivity index (χ1) is 7.97. The summed E-state index contributed by atoms with van der Waals surface area (Å²) < 4.78 is 15.8. The van der Waals surface area contributed by atoms with Crippen molar-refractivity contribution < 1.29 is 24.2 Å². The number of hydrogen-bond donors (Lipinski definition) is 3. The first-order valence-corrected chi connectivity index (χ1v) is 7.11. The summed E-state index contributed by atoms with van der Waals surface area (Å²) in [6.45, 7) is 0.461. The van der Waals surface area contributed by atoms with Crippen LogP contribution in [0, 0.1) is 0 Å². The second-order valence-electron chi connectivity index (χ2n) is 3.83. The minimum absolute atomic E-state index is 0.0407. The lowest BCUT2D eigenvalue weighted by Gasteiger charge is -2.11. The van der Waals surface area contributed by atoms with Crippen LogP contribution in [0.4, 0.5) is 0 Å². The van der Waals surface area contributed by atoms with Crippen LogP contribution in [0.3, 0.4) is 0 Å². The third-order valence-electron chi connectivity index (χ3n) is 2.18. The van der Waals surface area contributed by atoms with E-state index in [1.54, 1.807) is 0 Å². The van der Waals surface area contributed by atoms with Crippen molar-refractivity contribution in [1.82, 2.24) is 0 Å². The molecular weight excluding hydrogens is 243 g/mol. The number of aliphatic hydroxyl groups excluding tert-OH is 1. The van der Waals surface area contributed by atoms with Crippen LogP contribution in [-0.4, -0.2) is 33.8 Å². The summed E-state index contributed by atoms with van der Waals surface area (Å²) in [7, 11) is -4.03. The Hall–Kier alpha value is -0.710. The van der Waals surface area contributed by atoms with Gasteiger partial charge in [0.2, 0.25) is 0 Å². The predicted octanol–water partition coefficient (Wildman–Crippen LogP) is 1.13. The van der Waals surface area contributed by atoms with E-state index in [1.165, 1.54) is 0 Å². The van der Waals surface area contributed by atoms with Gasteiger partial charge in [-0.25, -0.2) is 0 Å². The van der Waals surface area contributed by atoms with E-state index in [1.807, 2.05) is 30.3 Å². The first-order valence-electron chi connectivity index (χ1n) is 5.32. The molecule has 0 aromatic heterocycles. The number of rotatable bonds is 7. The largest absolute Gasteiger partial charge is 0.391 e. The van der Waals surface area contributed by atoms with E-state index in [2.05, 4.69) is 0 Å². The van der Waals surface area contributed by atoms with Crippen LogP contribution in [-0.2, 0) is 15.9 Å². The van der Waals surface area contributed by atoms with E-state index in [4.69, 9.17) is 14.5 Å². The van der Waals surface area contributed by atoms with Gasteiger partial charge in [-0.05, 0) is 12.0 Å². The third-order valence-corrected chi connectivity index (χ3v) is 3.02. The molecule has 3 N–H and O–H groups in total. The van der Waals surface area contributed by atoms with Crippen LogP contribution in [0.2, 0.25) is 0 Å². The molecule has 1 unspecified atom stereocenters. The smallest absolute Gasteiger partial charge is 0.325 e. The zero-order valence-electron chi connectivity index (χ0n) is 9.40. The third kappa shape index (κ3) is 7.26. The highest BCUT2D eigenvalue weighted by molar-refractivity contribution is 7.51. The second-order valence-corrected chi connectivity index (χ2v) is 5.61. The number of benzene rings is 1. The van der Waals surface area contributed by atoms with Crippen LogP contribution >= 0.6 is 7.60 Å². The zero-order valence-corrected chi connectivity index (χ0v) is 10.3. The highest BCUT2D eigenvalue weighted by Gasteiger charge is 2.15. The summed E-state index contributed by atoms with van der Waals surface area (Å²) in [5.74, 6) is 0. The Morgan fingerprint density at radius 3 is 2.47 bits per heavy atom. The number of hydrogen-bond acceptors (Lipinski definition) is 3. The van der Waals surface area contributed by atoms with Gasteiger partial charge in [-0.15, -0.1) is 0 Å². The summed E-state index contributed by atoms with van der Waals surface area (Å²) in [5, 5.41) is 9.42. The number of ether oxygens (including phenoxy) is 1. The Labute approximate surface area is 100 Å². The van der Waals surface area contributed by atoms with Crippen molar-refractivity contribution in [2.24, 2.45) is 0 Å². The molecule has 0 heterocycles. The Kier molecular flexibility index (Phi) is 5.82. The van der Waals surface area contributed by atoms with Crippen LogP contribution in [0.15, 0.2) is 30.3 Å². The van der Waals surface area contributed by atoms with Crippen LogP contribution in [0.5, 0.6) is 0 Å². The van der Waals surface area contributed by atoms with Crippen molar-refractivity contribution in [2.45, 2.75) is 19.1 Å². The quantitative estimate of drug-likeness (QED) is 0.640. The lowest BCUT2D eigenvalue weighted by Crippen LogP contribution is -2.16.